The molecule has 0 fully saturated rings. The molecule has 1 N–H and O–H groups in total. The number of hydrogen-bond donors (Lipinski definition) is 1. The second-order valence-corrected chi connectivity index (χ2v) is 6.91. The standard InChI is InChI=1S/C15H18BrN5O2/c1-15(2,3)23-14(22)20-21(10-6-4-5-7-10)13-11(16)9-18-12(8-17)19-13/h4-5,9-10H,6-7H2,1-3H3,(H,20,22). The molecule has 0 aliphatic heterocycles. The van der Waals surface area contributed by atoms with E-state index in [-0.39, 0.29) is 11.9 Å². The summed E-state index contributed by atoms with van der Waals surface area (Å²) >= 11 is 3.37. The van der Waals surface area contributed by atoms with Crippen LogP contribution in [0.2, 0.25) is 0 Å². The average molecular weight is 380 g/mol. The molecule has 1 heterocycles. The Balaban J connectivity index is 2.28. The molecule has 0 spiro atoms. The molecule has 0 aromatic carbocycles. The van der Waals surface area contributed by atoms with Crippen LogP contribution in [0.3, 0.4) is 0 Å². The predicted molar refractivity (Wildman–Crippen MR) is 88.5 cm³/mol. The van der Waals surface area contributed by atoms with Crippen LogP contribution in [-0.4, -0.2) is 27.7 Å². The van der Waals surface area contributed by atoms with E-state index < -0.39 is 11.7 Å². The first-order chi connectivity index (χ1) is 10.8. The van der Waals surface area contributed by atoms with Gasteiger partial charge in [0, 0.05) is 6.20 Å². The number of halogens is 1. The van der Waals surface area contributed by atoms with E-state index in [1.54, 1.807) is 25.8 Å². The van der Waals surface area contributed by atoms with Gasteiger partial charge in [0.05, 0.1) is 10.5 Å². The molecule has 0 saturated heterocycles. The molecule has 0 bridgehead atoms. The lowest BCUT2D eigenvalue weighted by Crippen LogP contribution is -2.50. The first-order valence-corrected chi connectivity index (χ1v) is 7.96. The second kappa shape index (κ2) is 6.96. The second-order valence-electron chi connectivity index (χ2n) is 6.06. The van der Waals surface area contributed by atoms with Crippen molar-refractivity contribution in [2.45, 2.75) is 45.3 Å². The lowest BCUT2D eigenvalue weighted by molar-refractivity contribution is 0.0514. The van der Waals surface area contributed by atoms with Crippen molar-refractivity contribution in [2.24, 2.45) is 0 Å². The van der Waals surface area contributed by atoms with Crippen molar-refractivity contribution in [1.82, 2.24) is 15.4 Å². The fourth-order valence-electron chi connectivity index (χ4n) is 2.11. The number of anilines is 1. The number of nitrogens with one attached hydrogen (secondary N) is 1. The van der Waals surface area contributed by atoms with E-state index in [0.717, 1.165) is 12.8 Å². The number of hydrazine groups is 1. The number of nitriles is 1. The number of amides is 1. The van der Waals surface area contributed by atoms with Gasteiger partial charge in [0.2, 0.25) is 5.82 Å². The molecule has 1 amide bonds. The van der Waals surface area contributed by atoms with Crippen molar-refractivity contribution in [3.8, 4) is 6.07 Å². The smallest absolute Gasteiger partial charge is 0.426 e. The van der Waals surface area contributed by atoms with Gasteiger partial charge in [-0.25, -0.2) is 15.2 Å². The summed E-state index contributed by atoms with van der Waals surface area (Å²) in [5, 5.41) is 10.6. The molecule has 8 heteroatoms. The van der Waals surface area contributed by atoms with Crippen molar-refractivity contribution >= 4 is 27.8 Å². The molecule has 122 valence electrons. The van der Waals surface area contributed by atoms with Gasteiger partial charge in [-0.2, -0.15) is 10.2 Å². The Kier molecular flexibility index (Phi) is 5.21. The van der Waals surface area contributed by atoms with Gasteiger partial charge in [0.15, 0.2) is 5.82 Å². The molecule has 0 atom stereocenters. The van der Waals surface area contributed by atoms with E-state index in [1.165, 1.54) is 6.20 Å². The first-order valence-electron chi connectivity index (χ1n) is 7.16. The molecule has 0 radical (unpaired) electrons. The summed E-state index contributed by atoms with van der Waals surface area (Å²) in [6.45, 7) is 5.38. The molecular weight excluding hydrogens is 362 g/mol. The van der Waals surface area contributed by atoms with E-state index in [4.69, 9.17) is 10.00 Å². The summed E-state index contributed by atoms with van der Waals surface area (Å²) in [6.07, 6.45) is 6.51. The maximum absolute atomic E-state index is 12.1. The van der Waals surface area contributed by atoms with Crippen LogP contribution >= 0.6 is 15.9 Å². The van der Waals surface area contributed by atoms with Gasteiger partial charge in [0.1, 0.15) is 11.7 Å². The molecule has 7 nitrogen and oxygen atoms in total. The molecule has 0 unspecified atom stereocenters. The van der Waals surface area contributed by atoms with Crippen LogP contribution in [0, 0.1) is 11.3 Å². The van der Waals surface area contributed by atoms with Gasteiger partial charge in [-0.3, -0.25) is 5.01 Å². The molecule has 1 aliphatic carbocycles. The topological polar surface area (TPSA) is 91.1 Å². The Labute approximate surface area is 143 Å². The lowest BCUT2D eigenvalue weighted by atomic mass is 10.2. The zero-order valence-corrected chi connectivity index (χ0v) is 14.8. The Morgan fingerprint density at radius 3 is 2.70 bits per heavy atom. The number of carbonyl (C=O) groups excluding carboxylic acids is 1. The monoisotopic (exact) mass is 379 g/mol. The van der Waals surface area contributed by atoms with E-state index in [2.05, 4.69) is 31.3 Å². The van der Waals surface area contributed by atoms with Gasteiger partial charge < -0.3 is 4.74 Å². The van der Waals surface area contributed by atoms with Crippen LogP contribution < -0.4 is 10.4 Å². The fraction of sp³-hybridized carbons (Fsp3) is 0.467. The summed E-state index contributed by atoms with van der Waals surface area (Å²) in [4.78, 5) is 20.2. The van der Waals surface area contributed by atoms with Crippen molar-refractivity contribution in [2.75, 3.05) is 5.01 Å². The average Bonchev–Trinajstić information content (AvgIpc) is 2.97. The highest BCUT2D eigenvalue weighted by Crippen LogP contribution is 2.27. The number of hydrogen-bond acceptors (Lipinski definition) is 6. The van der Waals surface area contributed by atoms with Crippen molar-refractivity contribution in [3.05, 3.63) is 28.6 Å². The Bertz CT molecular complexity index is 655. The van der Waals surface area contributed by atoms with E-state index >= 15 is 0 Å². The predicted octanol–water partition coefficient (Wildman–Crippen LogP) is 3.08. The molecule has 23 heavy (non-hydrogen) atoms. The molecule has 2 rings (SSSR count). The Morgan fingerprint density at radius 1 is 1.48 bits per heavy atom. The van der Waals surface area contributed by atoms with E-state index in [1.807, 2.05) is 18.2 Å². The fourth-order valence-corrected chi connectivity index (χ4v) is 2.49. The highest BCUT2D eigenvalue weighted by atomic mass is 79.9. The highest BCUT2D eigenvalue weighted by Gasteiger charge is 2.27. The van der Waals surface area contributed by atoms with Gasteiger partial charge in [-0.1, -0.05) is 12.2 Å². The number of ether oxygens (including phenoxy) is 1. The maximum atomic E-state index is 12.1. The van der Waals surface area contributed by atoms with Crippen LogP contribution in [0.1, 0.15) is 39.4 Å². The molecule has 1 aromatic rings. The summed E-state index contributed by atoms with van der Waals surface area (Å²) < 4.78 is 5.89. The summed E-state index contributed by atoms with van der Waals surface area (Å²) in [7, 11) is 0. The van der Waals surface area contributed by atoms with E-state index in [0.29, 0.717) is 10.3 Å². The van der Waals surface area contributed by atoms with Gasteiger partial charge in [0.25, 0.3) is 0 Å². The number of carbonyl (C=O) groups is 1. The zero-order chi connectivity index (χ0) is 17.0. The van der Waals surface area contributed by atoms with Crippen LogP contribution in [0.25, 0.3) is 0 Å². The normalized spacial score (nSPS) is 14.4. The summed E-state index contributed by atoms with van der Waals surface area (Å²) in [5.74, 6) is 0.459. The highest BCUT2D eigenvalue weighted by molar-refractivity contribution is 9.10. The third-order valence-electron chi connectivity index (χ3n) is 3.01. The quantitative estimate of drug-likeness (QED) is 0.640. The Morgan fingerprint density at radius 2 is 2.13 bits per heavy atom. The first kappa shape index (κ1) is 17.2. The van der Waals surface area contributed by atoms with Crippen LogP contribution in [0.5, 0.6) is 0 Å². The molecule has 1 aromatic heterocycles. The van der Waals surface area contributed by atoms with Gasteiger partial charge in [-0.15, -0.1) is 0 Å². The van der Waals surface area contributed by atoms with E-state index in [9.17, 15) is 4.79 Å². The van der Waals surface area contributed by atoms with Crippen LogP contribution in [0.4, 0.5) is 10.6 Å². The minimum Gasteiger partial charge on any atom is -0.443 e. The number of nitrogens with zero attached hydrogens (tertiary/aromatic N) is 4. The lowest BCUT2D eigenvalue weighted by Gasteiger charge is -2.31. The summed E-state index contributed by atoms with van der Waals surface area (Å²) in [5.41, 5.74) is 2.12. The number of aromatic nitrogens is 2. The minimum absolute atomic E-state index is 0.000242. The Hall–Kier alpha value is -2.14. The van der Waals surface area contributed by atoms with Crippen LogP contribution in [-0.2, 0) is 4.74 Å². The van der Waals surface area contributed by atoms with Gasteiger partial charge in [-0.05, 0) is 49.5 Å². The van der Waals surface area contributed by atoms with Crippen LogP contribution in [0.15, 0.2) is 22.8 Å². The third-order valence-corrected chi connectivity index (χ3v) is 3.57. The van der Waals surface area contributed by atoms with Crippen molar-refractivity contribution in [1.29, 1.82) is 5.26 Å². The zero-order valence-electron chi connectivity index (χ0n) is 13.2. The SMILES string of the molecule is CC(C)(C)OC(=O)NN(c1nc(C#N)ncc1Br)C1CC=CC1. The van der Waals surface area contributed by atoms with Crippen molar-refractivity contribution in [3.63, 3.8) is 0 Å². The molecule has 0 saturated carbocycles. The van der Waals surface area contributed by atoms with Gasteiger partial charge >= 0.3 is 6.09 Å². The molecular formula is C15H18BrN5O2. The largest absolute Gasteiger partial charge is 0.443 e. The minimum atomic E-state index is -0.607. The maximum Gasteiger partial charge on any atom is 0.426 e. The third kappa shape index (κ3) is 4.66. The summed E-state index contributed by atoms with van der Waals surface area (Å²) in [6, 6.07) is 1.90. The van der Waals surface area contributed by atoms with Crippen molar-refractivity contribution < 1.29 is 9.53 Å². The number of rotatable bonds is 3. The molecule has 1 aliphatic rings.